The molecule has 0 unspecified atom stereocenters. The standard InChI is InChI=1S/C10H17N3OS/c1-9(13-7-3-6-12-13)10(14)11-5-4-8-15-2/h3,6-7,9H,4-5,8H2,1-2H3,(H,11,14)/t9-/m0/s1. The lowest BCUT2D eigenvalue weighted by atomic mass is 10.3. The van der Waals surface area contributed by atoms with Gasteiger partial charge in [0.05, 0.1) is 0 Å². The molecule has 1 N–H and O–H groups in total. The van der Waals surface area contributed by atoms with E-state index in [1.54, 1.807) is 28.8 Å². The predicted molar refractivity (Wildman–Crippen MR) is 62.9 cm³/mol. The number of carbonyl (C=O) groups excluding carboxylic acids is 1. The molecule has 1 aromatic heterocycles. The van der Waals surface area contributed by atoms with Crippen molar-refractivity contribution in [3.8, 4) is 0 Å². The lowest BCUT2D eigenvalue weighted by Gasteiger charge is -2.12. The maximum Gasteiger partial charge on any atom is 0.244 e. The number of thioether (sulfide) groups is 1. The van der Waals surface area contributed by atoms with Gasteiger partial charge in [0, 0.05) is 18.9 Å². The fourth-order valence-electron chi connectivity index (χ4n) is 1.21. The lowest BCUT2D eigenvalue weighted by molar-refractivity contribution is -0.124. The first-order valence-corrected chi connectivity index (χ1v) is 6.41. The van der Waals surface area contributed by atoms with Gasteiger partial charge in [0.25, 0.3) is 0 Å². The van der Waals surface area contributed by atoms with Crippen LogP contribution in [-0.2, 0) is 4.79 Å². The van der Waals surface area contributed by atoms with Crippen molar-refractivity contribution in [2.75, 3.05) is 18.6 Å². The van der Waals surface area contributed by atoms with Crippen LogP contribution in [0.5, 0.6) is 0 Å². The third-order valence-corrected chi connectivity index (χ3v) is 2.82. The summed E-state index contributed by atoms with van der Waals surface area (Å²) in [7, 11) is 0. The Morgan fingerprint density at radius 1 is 1.67 bits per heavy atom. The first kappa shape index (κ1) is 12.1. The van der Waals surface area contributed by atoms with E-state index in [9.17, 15) is 4.79 Å². The van der Waals surface area contributed by atoms with Crippen molar-refractivity contribution in [3.05, 3.63) is 18.5 Å². The van der Waals surface area contributed by atoms with Crippen LogP contribution in [0.4, 0.5) is 0 Å². The molecule has 0 bridgehead atoms. The zero-order chi connectivity index (χ0) is 11.1. The number of nitrogens with one attached hydrogen (secondary N) is 1. The highest BCUT2D eigenvalue weighted by molar-refractivity contribution is 7.98. The van der Waals surface area contributed by atoms with E-state index in [-0.39, 0.29) is 11.9 Å². The van der Waals surface area contributed by atoms with Crippen molar-refractivity contribution in [1.29, 1.82) is 0 Å². The maximum absolute atomic E-state index is 11.6. The van der Waals surface area contributed by atoms with Gasteiger partial charge in [-0.1, -0.05) is 0 Å². The molecule has 1 amide bonds. The van der Waals surface area contributed by atoms with E-state index >= 15 is 0 Å². The van der Waals surface area contributed by atoms with Crippen LogP contribution in [0.1, 0.15) is 19.4 Å². The molecule has 4 nitrogen and oxygen atoms in total. The minimum atomic E-state index is -0.228. The summed E-state index contributed by atoms with van der Waals surface area (Å²) in [4.78, 5) is 11.6. The summed E-state index contributed by atoms with van der Waals surface area (Å²) in [5, 5.41) is 6.93. The topological polar surface area (TPSA) is 46.9 Å². The van der Waals surface area contributed by atoms with E-state index in [4.69, 9.17) is 0 Å². The SMILES string of the molecule is CSCCCNC(=O)[C@H](C)n1cccn1. The molecule has 0 aliphatic heterocycles. The molecule has 0 saturated heterocycles. The Morgan fingerprint density at radius 3 is 3.07 bits per heavy atom. The zero-order valence-electron chi connectivity index (χ0n) is 9.14. The Morgan fingerprint density at radius 2 is 2.47 bits per heavy atom. The van der Waals surface area contributed by atoms with Gasteiger partial charge in [-0.05, 0) is 31.4 Å². The number of hydrogen-bond acceptors (Lipinski definition) is 3. The Balaban J connectivity index is 2.28. The second-order valence-electron chi connectivity index (χ2n) is 3.30. The highest BCUT2D eigenvalue weighted by atomic mass is 32.2. The molecule has 1 rings (SSSR count). The van der Waals surface area contributed by atoms with E-state index < -0.39 is 0 Å². The summed E-state index contributed by atoms with van der Waals surface area (Å²) in [6.07, 6.45) is 6.55. The quantitative estimate of drug-likeness (QED) is 0.745. The second kappa shape index (κ2) is 6.50. The Bertz CT molecular complexity index is 287. The molecule has 15 heavy (non-hydrogen) atoms. The van der Waals surface area contributed by atoms with Gasteiger partial charge in [-0.25, -0.2) is 0 Å². The average molecular weight is 227 g/mol. The maximum atomic E-state index is 11.6. The van der Waals surface area contributed by atoms with E-state index in [2.05, 4.69) is 16.7 Å². The minimum absolute atomic E-state index is 0.0276. The van der Waals surface area contributed by atoms with Gasteiger partial charge in [0.1, 0.15) is 6.04 Å². The number of hydrogen-bond donors (Lipinski definition) is 1. The van der Waals surface area contributed by atoms with Gasteiger partial charge in [0.2, 0.25) is 5.91 Å². The summed E-state index contributed by atoms with van der Waals surface area (Å²) in [5.41, 5.74) is 0. The van der Waals surface area contributed by atoms with Crippen molar-refractivity contribution in [1.82, 2.24) is 15.1 Å². The molecule has 0 radical (unpaired) electrons. The van der Waals surface area contributed by atoms with Crippen LogP contribution in [0, 0.1) is 0 Å². The third kappa shape index (κ3) is 3.95. The van der Waals surface area contributed by atoms with Crippen LogP contribution in [0.15, 0.2) is 18.5 Å². The van der Waals surface area contributed by atoms with Gasteiger partial charge in [-0.15, -0.1) is 0 Å². The van der Waals surface area contributed by atoms with Crippen molar-refractivity contribution in [2.24, 2.45) is 0 Å². The number of carbonyl (C=O) groups is 1. The van der Waals surface area contributed by atoms with Crippen LogP contribution < -0.4 is 5.32 Å². The van der Waals surface area contributed by atoms with E-state index in [0.717, 1.165) is 18.7 Å². The Kier molecular flexibility index (Phi) is 5.25. The molecule has 0 saturated carbocycles. The summed E-state index contributed by atoms with van der Waals surface area (Å²) in [6, 6.07) is 1.59. The average Bonchev–Trinajstić information content (AvgIpc) is 2.76. The molecule has 0 aromatic carbocycles. The monoisotopic (exact) mass is 227 g/mol. The van der Waals surface area contributed by atoms with Gasteiger partial charge < -0.3 is 5.32 Å². The molecule has 0 aliphatic rings. The summed E-state index contributed by atoms with van der Waals surface area (Å²) in [6.45, 7) is 2.59. The van der Waals surface area contributed by atoms with Crippen LogP contribution in [0.3, 0.4) is 0 Å². The van der Waals surface area contributed by atoms with Crippen LogP contribution in [-0.4, -0.2) is 34.2 Å². The van der Waals surface area contributed by atoms with Gasteiger partial charge in [-0.2, -0.15) is 16.9 Å². The molecule has 84 valence electrons. The van der Waals surface area contributed by atoms with Gasteiger partial charge >= 0.3 is 0 Å². The summed E-state index contributed by atoms with van der Waals surface area (Å²) < 4.78 is 1.66. The first-order valence-electron chi connectivity index (χ1n) is 5.01. The van der Waals surface area contributed by atoms with Crippen molar-refractivity contribution < 1.29 is 4.79 Å². The fraction of sp³-hybridized carbons (Fsp3) is 0.600. The highest BCUT2D eigenvalue weighted by Crippen LogP contribution is 2.02. The predicted octanol–water partition coefficient (Wildman–Crippen LogP) is 1.31. The van der Waals surface area contributed by atoms with Gasteiger partial charge in [0.15, 0.2) is 0 Å². The van der Waals surface area contributed by atoms with E-state index in [1.165, 1.54) is 0 Å². The molecule has 0 fully saturated rings. The van der Waals surface area contributed by atoms with Crippen molar-refractivity contribution in [2.45, 2.75) is 19.4 Å². The molecular weight excluding hydrogens is 210 g/mol. The van der Waals surface area contributed by atoms with E-state index in [0.29, 0.717) is 0 Å². The lowest BCUT2D eigenvalue weighted by Crippen LogP contribution is -2.32. The number of amides is 1. The molecule has 5 heteroatoms. The molecule has 0 spiro atoms. The summed E-state index contributed by atoms with van der Waals surface area (Å²) >= 11 is 1.79. The number of rotatable bonds is 6. The van der Waals surface area contributed by atoms with Gasteiger partial charge in [-0.3, -0.25) is 9.48 Å². The zero-order valence-corrected chi connectivity index (χ0v) is 9.96. The summed E-state index contributed by atoms with van der Waals surface area (Å²) in [5.74, 6) is 1.11. The van der Waals surface area contributed by atoms with Crippen molar-refractivity contribution in [3.63, 3.8) is 0 Å². The number of aromatic nitrogens is 2. The minimum Gasteiger partial charge on any atom is -0.354 e. The van der Waals surface area contributed by atoms with Crippen LogP contribution >= 0.6 is 11.8 Å². The first-order chi connectivity index (χ1) is 7.25. The Hall–Kier alpha value is -0.970. The van der Waals surface area contributed by atoms with Crippen LogP contribution in [0.2, 0.25) is 0 Å². The highest BCUT2D eigenvalue weighted by Gasteiger charge is 2.13. The second-order valence-corrected chi connectivity index (χ2v) is 4.29. The number of nitrogens with zero attached hydrogens (tertiary/aromatic N) is 2. The van der Waals surface area contributed by atoms with E-state index in [1.807, 2.05) is 13.0 Å². The third-order valence-electron chi connectivity index (χ3n) is 2.13. The molecule has 0 aliphatic carbocycles. The smallest absolute Gasteiger partial charge is 0.244 e. The normalized spacial score (nSPS) is 12.4. The molecule has 1 atom stereocenters. The van der Waals surface area contributed by atoms with Crippen LogP contribution in [0.25, 0.3) is 0 Å². The molecule has 1 aromatic rings. The fourth-order valence-corrected chi connectivity index (χ4v) is 1.64. The molecule has 1 heterocycles. The van der Waals surface area contributed by atoms with Crippen molar-refractivity contribution >= 4 is 17.7 Å². The molecular formula is C10H17N3OS. The largest absolute Gasteiger partial charge is 0.354 e. The Labute approximate surface area is 94.4 Å².